The van der Waals surface area contributed by atoms with Crippen LogP contribution >= 0.6 is 0 Å². The molecule has 0 radical (unpaired) electrons. The van der Waals surface area contributed by atoms with E-state index in [1.54, 1.807) is 0 Å². The van der Waals surface area contributed by atoms with Crippen LogP contribution in [-0.2, 0) is 9.47 Å². The van der Waals surface area contributed by atoms with Crippen molar-refractivity contribution in [2.75, 3.05) is 32.8 Å². The largest absolute Gasteiger partial charge is 0.381 e. The lowest BCUT2D eigenvalue weighted by atomic mass is 9.90. The maximum absolute atomic E-state index is 6.22. The minimum absolute atomic E-state index is 0.000712. The Hall–Kier alpha value is -0.980. The van der Waals surface area contributed by atoms with Crippen molar-refractivity contribution in [1.82, 2.24) is 15.0 Å². The third-order valence-electron chi connectivity index (χ3n) is 5.31. The van der Waals surface area contributed by atoms with Crippen LogP contribution in [0.1, 0.15) is 43.5 Å². The van der Waals surface area contributed by atoms with Crippen molar-refractivity contribution in [3.63, 3.8) is 0 Å². The fourth-order valence-electron chi connectivity index (χ4n) is 4.06. The third kappa shape index (κ3) is 3.05. The molecule has 0 N–H and O–H groups in total. The molecule has 22 heavy (non-hydrogen) atoms. The number of rotatable bonds is 3. The summed E-state index contributed by atoms with van der Waals surface area (Å²) in [6.45, 7) is 7.15. The number of fused-ring (bicyclic) bond motifs is 1. The summed E-state index contributed by atoms with van der Waals surface area (Å²) < 4.78 is 17.0. The molecule has 3 fully saturated rings. The first kappa shape index (κ1) is 14.6. The van der Waals surface area contributed by atoms with Gasteiger partial charge in [-0.2, -0.15) is 4.98 Å². The molecule has 0 aliphatic carbocycles. The molecule has 0 aromatic carbocycles. The van der Waals surface area contributed by atoms with Crippen molar-refractivity contribution in [2.45, 2.75) is 44.8 Å². The Labute approximate surface area is 131 Å². The third-order valence-corrected chi connectivity index (χ3v) is 5.31. The quantitative estimate of drug-likeness (QED) is 0.851. The second kappa shape index (κ2) is 6.26. The number of likely N-dealkylation sites (tertiary alicyclic amines) is 1. The molecule has 3 aliphatic rings. The van der Waals surface area contributed by atoms with Gasteiger partial charge in [-0.1, -0.05) is 5.16 Å². The van der Waals surface area contributed by atoms with Crippen LogP contribution in [0.5, 0.6) is 0 Å². The van der Waals surface area contributed by atoms with Gasteiger partial charge in [-0.15, -0.1) is 0 Å². The molecule has 6 nitrogen and oxygen atoms in total. The van der Waals surface area contributed by atoms with Crippen molar-refractivity contribution in [3.8, 4) is 0 Å². The highest BCUT2D eigenvalue weighted by atomic mass is 16.5. The highest BCUT2D eigenvalue weighted by molar-refractivity contribution is 4.97. The average Bonchev–Trinajstić information content (AvgIpc) is 3.14. The first-order valence-electron chi connectivity index (χ1n) is 8.53. The minimum Gasteiger partial charge on any atom is -0.381 e. The van der Waals surface area contributed by atoms with Crippen LogP contribution in [0, 0.1) is 18.8 Å². The van der Waals surface area contributed by atoms with E-state index in [1.807, 2.05) is 6.92 Å². The molecule has 1 aromatic rings. The number of nitrogens with zero attached hydrogens (tertiary/aromatic N) is 3. The first-order valence-corrected chi connectivity index (χ1v) is 8.53. The van der Waals surface area contributed by atoms with E-state index < -0.39 is 0 Å². The molecule has 3 atom stereocenters. The van der Waals surface area contributed by atoms with E-state index in [2.05, 4.69) is 15.0 Å². The zero-order valence-electron chi connectivity index (χ0n) is 13.2. The molecule has 6 heteroatoms. The van der Waals surface area contributed by atoms with Gasteiger partial charge in [0.05, 0.1) is 6.10 Å². The van der Waals surface area contributed by atoms with Gasteiger partial charge in [-0.25, -0.2) is 0 Å². The Bertz CT molecular complexity index is 501. The van der Waals surface area contributed by atoms with Crippen LogP contribution in [0.2, 0.25) is 0 Å². The fraction of sp³-hybridized carbons (Fsp3) is 0.875. The molecule has 0 unspecified atom stereocenters. The lowest BCUT2D eigenvalue weighted by molar-refractivity contribution is -0.0255. The van der Waals surface area contributed by atoms with Crippen LogP contribution in [0.3, 0.4) is 0 Å². The zero-order chi connectivity index (χ0) is 14.9. The molecule has 4 rings (SSSR count). The summed E-state index contributed by atoms with van der Waals surface area (Å²) >= 11 is 0. The first-order chi connectivity index (χ1) is 10.8. The van der Waals surface area contributed by atoms with Gasteiger partial charge in [0.15, 0.2) is 5.82 Å². The molecule has 0 saturated carbocycles. The second-order valence-corrected chi connectivity index (χ2v) is 6.94. The Morgan fingerprint density at radius 2 is 2.09 bits per heavy atom. The van der Waals surface area contributed by atoms with E-state index in [0.29, 0.717) is 23.7 Å². The van der Waals surface area contributed by atoms with Crippen LogP contribution < -0.4 is 0 Å². The minimum atomic E-state index is -0.000712. The van der Waals surface area contributed by atoms with E-state index in [4.69, 9.17) is 14.0 Å². The van der Waals surface area contributed by atoms with Gasteiger partial charge in [0, 0.05) is 26.3 Å². The zero-order valence-corrected chi connectivity index (χ0v) is 13.2. The highest BCUT2D eigenvalue weighted by Crippen LogP contribution is 2.40. The summed E-state index contributed by atoms with van der Waals surface area (Å²) in [7, 11) is 0. The van der Waals surface area contributed by atoms with Crippen LogP contribution in [0.4, 0.5) is 0 Å². The normalized spacial score (nSPS) is 34.0. The molecule has 3 aliphatic heterocycles. The van der Waals surface area contributed by atoms with Crippen molar-refractivity contribution < 1.29 is 14.0 Å². The van der Waals surface area contributed by atoms with Gasteiger partial charge in [0.1, 0.15) is 6.10 Å². The summed E-state index contributed by atoms with van der Waals surface area (Å²) in [5, 5.41) is 3.88. The molecule has 3 saturated heterocycles. The maximum Gasteiger partial charge on any atom is 0.255 e. The van der Waals surface area contributed by atoms with Gasteiger partial charge in [0.2, 0.25) is 0 Å². The van der Waals surface area contributed by atoms with Crippen LogP contribution in [0.15, 0.2) is 4.52 Å². The van der Waals surface area contributed by atoms with Gasteiger partial charge in [-0.05, 0) is 51.0 Å². The lowest BCUT2D eigenvalue weighted by Crippen LogP contribution is -2.44. The van der Waals surface area contributed by atoms with E-state index in [9.17, 15) is 0 Å². The van der Waals surface area contributed by atoms with E-state index in [0.717, 1.165) is 32.1 Å². The molecule has 122 valence electrons. The smallest absolute Gasteiger partial charge is 0.255 e. The highest BCUT2D eigenvalue weighted by Gasteiger charge is 2.41. The van der Waals surface area contributed by atoms with Gasteiger partial charge in [-0.3, -0.25) is 0 Å². The molecular weight excluding hydrogens is 282 g/mol. The van der Waals surface area contributed by atoms with Crippen molar-refractivity contribution in [3.05, 3.63) is 11.7 Å². The molecule has 0 bridgehead atoms. The summed E-state index contributed by atoms with van der Waals surface area (Å²) in [4.78, 5) is 6.91. The standard InChI is InChI=1S/C16H25N3O3/c1-11-17-16(22-18-11)14-8-13-2-5-19(10-15(13)21-14)9-12-3-6-20-7-4-12/h12-15H,2-10H2,1H3/t13-,14+,15+/m1/s1. The monoisotopic (exact) mass is 307 g/mol. The Morgan fingerprint density at radius 3 is 2.86 bits per heavy atom. The Balaban J connectivity index is 1.33. The van der Waals surface area contributed by atoms with Crippen molar-refractivity contribution >= 4 is 0 Å². The lowest BCUT2D eigenvalue weighted by Gasteiger charge is -2.36. The topological polar surface area (TPSA) is 60.6 Å². The van der Waals surface area contributed by atoms with E-state index in [1.165, 1.54) is 32.4 Å². The number of hydrogen-bond donors (Lipinski definition) is 0. The number of ether oxygens (including phenoxy) is 2. The van der Waals surface area contributed by atoms with Gasteiger partial charge >= 0.3 is 0 Å². The molecule has 1 aromatic heterocycles. The maximum atomic E-state index is 6.22. The number of aromatic nitrogens is 2. The summed E-state index contributed by atoms with van der Waals surface area (Å²) in [6.07, 6.45) is 4.98. The van der Waals surface area contributed by atoms with Crippen molar-refractivity contribution in [2.24, 2.45) is 11.8 Å². The molecule has 0 spiro atoms. The van der Waals surface area contributed by atoms with Crippen LogP contribution in [0.25, 0.3) is 0 Å². The Kier molecular flexibility index (Phi) is 4.15. The number of hydrogen-bond acceptors (Lipinski definition) is 6. The predicted molar refractivity (Wildman–Crippen MR) is 79.4 cm³/mol. The van der Waals surface area contributed by atoms with Gasteiger partial charge < -0.3 is 18.9 Å². The summed E-state index contributed by atoms with van der Waals surface area (Å²) in [5.74, 6) is 2.78. The number of aryl methyl sites for hydroxylation is 1. The van der Waals surface area contributed by atoms with E-state index in [-0.39, 0.29) is 6.10 Å². The molecule has 0 amide bonds. The molecular formula is C16H25N3O3. The number of piperidine rings is 1. The summed E-state index contributed by atoms with van der Waals surface area (Å²) in [6, 6.07) is 0. The summed E-state index contributed by atoms with van der Waals surface area (Å²) in [5.41, 5.74) is 0. The fourth-order valence-corrected chi connectivity index (χ4v) is 4.06. The Morgan fingerprint density at radius 1 is 1.23 bits per heavy atom. The van der Waals surface area contributed by atoms with Gasteiger partial charge in [0.25, 0.3) is 5.89 Å². The molecule has 4 heterocycles. The second-order valence-electron chi connectivity index (χ2n) is 6.94. The van der Waals surface area contributed by atoms with Crippen LogP contribution in [-0.4, -0.2) is 54.0 Å². The average molecular weight is 307 g/mol. The SMILES string of the molecule is Cc1noc([C@@H]2C[C@H]3CCN(CC4CCOCC4)C[C@@H]3O2)n1. The van der Waals surface area contributed by atoms with Crippen molar-refractivity contribution in [1.29, 1.82) is 0 Å². The predicted octanol–water partition coefficient (Wildman–Crippen LogP) is 1.96. The van der Waals surface area contributed by atoms with E-state index >= 15 is 0 Å².